The summed E-state index contributed by atoms with van der Waals surface area (Å²) in [6, 6.07) is 9.12. The van der Waals surface area contributed by atoms with Crippen LogP contribution < -0.4 is 15.5 Å². The summed E-state index contributed by atoms with van der Waals surface area (Å²) in [6.07, 6.45) is 2.66. The molecule has 0 aliphatic carbocycles. The SMILES string of the molecule is CCNC(=NCc1ncnn1C)NC1CCN(c2ccc(C)cc2)C1. The van der Waals surface area contributed by atoms with Gasteiger partial charge in [-0.3, -0.25) is 4.68 Å². The second-order valence-corrected chi connectivity index (χ2v) is 6.41. The van der Waals surface area contributed by atoms with Crippen molar-refractivity contribution in [1.29, 1.82) is 0 Å². The van der Waals surface area contributed by atoms with Gasteiger partial charge in [-0.05, 0) is 32.4 Å². The minimum absolute atomic E-state index is 0.388. The third-order valence-corrected chi connectivity index (χ3v) is 4.46. The smallest absolute Gasteiger partial charge is 0.191 e. The van der Waals surface area contributed by atoms with Crippen LogP contribution in [-0.2, 0) is 13.6 Å². The predicted octanol–water partition coefficient (Wildman–Crippen LogP) is 1.46. The maximum Gasteiger partial charge on any atom is 0.191 e. The van der Waals surface area contributed by atoms with Gasteiger partial charge in [-0.25, -0.2) is 9.98 Å². The van der Waals surface area contributed by atoms with Crippen molar-refractivity contribution >= 4 is 11.6 Å². The van der Waals surface area contributed by atoms with Crippen LogP contribution in [0, 0.1) is 6.92 Å². The van der Waals surface area contributed by atoms with Crippen molar-refractivity contribution in [2.75, 3.05) is 24.5 Å². The Kier molecular flexibility index (Phi) is 5.53. The van der Waals surface area contributed by atoms with Gasteiger partial charge in [-0.1, -0.05) is 17.7 Å². The summed E-state index contributed by atoms with van der Waals surface area (Å²) < 4.78 is 1.75. The fraction of sp³-hybridized carbons (Fsp3) is 0.500. The topological polar surface area (TPSA) is 70.4 Å². The third-order valence-electron chi connectivity index (χ3n) is 4.46. The Balaban J connectivity index is 1.59. The molecule has 1 saturated heterocycles. The first-order valence-electron chi connectivity index (χ1n) is 8.85. The number of nitrogens with one attached hydrogen (secondary N) is 2. The monoisotopic (exact) mass is 341 g/mol. The van der Waals surface area contributed by atoms with Gasteiger partial charge < -0.3 is 15.5 Å². The normalized spacial score (nSPS) is 17.8. The van der Waals surface area contributed by atoms with Gasteiger partial charge in [0.15, 0.2) is 5.96 Å². The molecule has 7 nitrogen and oxygen atoms in total. The molecule has 2 aromatic rings. The number of aromatic nitrogens is 3. The molecule has 0 bridgehead atoms. The first-order valence-corrected chi connectivity index (χ1v) is 8.85. The van der Waals surface area contributed by atoms with E-state index >= 15 is 0 Å². The summed E-state index contributed by atoms with van der Waals surface area (Å²) in [4.78, 5) is 11.3. The number of guanidine groups is 1. The van der Waals surface area contributed by atoms with Crippen LogP contribution in [0.2, 0.25) is 0 Å². The van der Waals surface area contributed by atoms with Crippen LogP contribution in [0.5, 0.6) is 0 Å². The van der Waals surface area contributed by atoms with Crippen LogP contribution in [0.25, 0.3) is 0 Å². The van der Waals surface area contributed by atoms with E-state index in [-0.39, 0.29) is 0 Å². The number of rotatable bonds is 5. The fourth-order valence-corrected chi connectivity index (χ4v) is 2.99. The molecule has 3 rings (SSSR count). The number of anilines is 1. The standard InChI is InChI=1S/C18H27N7/c1-4-19-18(20-11-17-21-13-22-24(17)3)23-15-9-10-25(12-15)16-7-5-14(2)6-8-16/h5-8,13,15H,4,9-12H2,1-3H3,(H2,19,20,23). The van der Waals surface area contributed by atoms with Crippen LogP contribution in [0.3, 0.4) is 0 Å². The van der Waals surface area contributed by atoms with Gasteiger partial charge >= 0.3 is 0 Å². The van der Waals surface area contributed by atoms with Crippen molar-refractivity contribution in [3.8, 4) is 0 Å². The average Bonchev–Trinajstić information content (AvgIpc) is 3.23. The summed E-state index contributed by atoms with van der Waals surface area (Å²) in [5, 5.41) is 10.9. The molecule has 7 heteroatoms. The molecular weight excluding hydrogens is 314 g/mol. The minimum Gasteiger partial charge on any atom is -0.369 e. The van der Waals surface area contributed by atoms with E-state index in [1.54, 1.807) is 11.0 Å². The predicted molar refractivity (Wildman–Crippen MR) is 101 cm³/mol. The molecule has 0 spiro atoms. The van der Waals surface area contributed by atoms with E-state index in [2.05, 4.69) is 68.7 Å². The molecule has 134 valence electrons. The first-order chi connectivity index (χ1) is 12.2. The Morgan fingerprint density at radius 2 is 2.12 bits per heavy atom. The van der Waals surface area contributed by atoms with Crippen molar-refractivity contribution < 1.29 is 0 Å². The molecule has 0 radical (unpaired) electrons. The van der Waals surface area contributed by atoms with E-state index in [9.17, 15) is 0 Å². The minimum atomic E-state index is 0.388. The van der Waals surface area contributed by atoms with Crippen LogP contribution in [-0.4, -0.2) is 46.4 Å². The molecule has 1 unspecified atom stereocenters. The second kappa shape index (κ2) is 8.00. The highest BCUT2D eigenvalue weighted by molar-refractivity contribution is 5.80. The van der Waals surface area contributed by atoms with Crippen LogP contribution in [0.4, 0.5) is 5.69 Å². The molecule has 1 aliphatic heterocycles. The molecule has 2 N–H and O–H groups in total. The summed E-state index contributed by atoms with van der Waals surface area (Å²) in [7, 11) is 1.88. The van der Waals surface area contributed by atoms with E-state index in [0.29, 0.717) is 12.6 Å². The van der Waals surface area contributed by atoms with Crippen LogP contribution in [0.1, 0.15) is 24.7 Å². The Labute approximate surface area is 149 Å². The highest BCUT2D eigenvalue weighted by Gasteiger charge is 2.23. The fourth-order valence-electron chi connectivity index (χ4n) is 2.99. The molecule has 1 aromatic heterocycles. The van der Waals surface area contributed by atoms with Crippen molar-refractivity contribution in [3.63, 3.8) is 0 Å². The summed E-state index contributed by atoms with van der Waals surface area (Å²) >= 11 is 0. The molecule has 0 amide bonds. The van der Waals surface area contributed by atoms with Gasteiger partial charge in [-0.15, -0.1) is 0 Å². The van der Waals surface area contributed by atoms with Crippen molar-refractivity contribution in [2.45, 2.75) is 32.9 Å². The molecule has 25 heavy (non-hydrogen) atoms. The number of benzene rings is 1. The van der Waals surface area contributed by atoms with Crippen LogP contribution in [0.15, 0.2) is 35.6 Å². The highest BCUT2D eigenvalue weighted by atomic mass is 15.3. The number of aliphatic imine (C=N–C) groups is 1. The largest absolute Gasteiger partial charge is 0.369 e. The van der Waals surface area contributed by atoms with Gasteiger partial charge in [0, 0.05) is 38.4 Å². The second-order valence-electron chi connectivity index (χ2n) is 6.41. The zero-order valence-corrected chi connectivity index (χ0v) is 15.2. The van der Waals surface area contributed by atoms with Gasteiger partial charge in [0.25, 0.3) is 0 Å². The van der Waals surface area contributed by atoms with Crippen LogP contribution >= 0.6 is 0 Å². The molecule has 1 aliphatic rings. The Morgan fingerprint density at radius 1 is 1.32 bits per heavy atom. The van der Waals surface area contributed by atoms with Gasteiger partial charge in [0.05, 0.1) is 0 Å². The number of aryl methyl sites for hydroxylation is 2. The Morgan fingerprint density at radius 3 is 2.80 bits per heavy atom. The maximum atomic E-state index is 4.64. The lowest BCUT2D eigenvalue weighted by Crippen LogP contribution is -2.44. The van der Waals surface area contributed by atoms with E-state index in [0.717, 1.165) is 37.8 Å². The van der Waals surface area contributed by atoms with Crippen molar-refractivity contribution in [2.24, 2.45) is 12.0 Å². The summed E-state index contributed by atoms with van der Waals surface area (Å²) in [5.74, 6) is 1.69. The molecule has 1 aromatic carbocycles. The summed E-state index contributed by atoms with van der Waals surface area (Å²) in [5.41, 5.74) is 2.58. The van der Waals surface area contributed by atoms with E-state index in [1.807, 2.05) is 7.05 Å². The average molecular weight is 341 g/mol. The van der Waals surface area contributed by atoms with Gasteiger partial charge in [0.2, 0.25) is 0 Å². The van der Waals surface area contributed by atoms with E-state index in [1.165, 1.54) is 11.3 Å². The number of hydrogen-bond acceptors (Lipinski definition) is 4. The summed E-state index contributed by atoms with van der Waals surface area (Å²) in [6.45, 7) is 7.58. The molecule has 1 fully saturated rings. The van der Waals surface area contributed by atoms with Crippen molar-refractivity contribution in [3.05, 3.63) is 42.0 Å². The lowest BCUT2D eigenvalue weighted by Gasteiger charge is -2.20. The van der Waals surface area contributed by atoms with Gasteiger partial charge in [-0.2, -0.15) is 5.10 Å². The zero-order chi connectivity index (χ0) is 17.6. The van der Waals surface area contributed by atoms with E-state index < -0.39 is 0 Å². The van der Waals surface area contributed by atoms with E-state index in [4.69, 9.17) is 0 Å². The number of nitrogens with zero attached hydrogens (tertiary/aromatic N) is 5. The Bertz CT molecular complexity index is 704. The lowest BCUT2D eigenvalue weighted by molar-refractivity contribution is 0.644. The zero-order valence-electron chi connectivity index (χ0n) is 15.2. The lowest BCUT2D eigenvalue weighted by atomic mass is 10.2. The molecule has 2 heterocycles. The quantitative estimate of drug-likeness (QED) is 0.636. The number of hydrogen-bond donors (Lipinski definition) is 2. The highest BCUT2D eigenvalue weighted by Crippen LogP contribution is 2.20. The first kappa shape index (κ1) is 17.3. The molecule has 0 saturated carbocycles. The maximum absolute atomic E-state index is 4.64. The Hall–Kier alpha value is -2.57. The van der Waals surface area contributed by atoms with Crippen molar-refractivity contribution in [1.82, 2.24) is 25.4 Å². The third kappa shape index (κ3) is 4.49. The van der Waals surface area contributed by atoms with Gasteiger partial charge in [0.1, 0.15) is 18.7 Å². The molecular formula is C18H27N7. The molecule has 1 atom stereocenters.